The van der Waals surface area contributed by atoms with Crippen LogP contribution in [0.15, 0.2) is 12.2 Å². The Hall–Kier alpha value is -1.85. The van der Waals surface area contributed by atoms with E-state index >= 15 is 0 Å². The first kappa shape index (κ1) is 13.2. The highest BCUT2D eigenvalue weighted by molar-refractivity contribution is 5.88. The number of primary amides is 1. The summed E-state index contributed by atoms with van der Waals surface area (Å²) in [6.45, 7) is 0. The lowest BCUT2D eigenvalue weighted by Gasteiger charge is -2.14. The minimum absolute atomic E-state index is 0.165. The highest BCUT2D eigenvalue weighted by Crippen LogP contribution is 2.20. The second-order valence-corrected chi connectivity index (χ2v) is 4.10. The number of nitrogens with one attached hydrogen (secondary N) is 1. The van der Waals surface area contributed by atoms with Gasteiger partial charge in [0.2, 0.25) is 11.8 Å². The van der Waals surface area contributed by atoms with E-state index in [4.69, 9.17) is 10.8 Å². The van der Waals surface area contributed by atoms with Crippen LogP contribution in [0.25, 0.3) is 0 Å². The van der Waals surface area contributed by atoms with Crippen LogP contribution in [-0.2, 0) is 14.4 Å². The quantitative estimate of drug-likeness (QED) is 0.558. The number of hydrogen-bond donors (Lipinski definition) is 3. The summed E-state index contributed by atoms with van der Waals surface area (Å²) in [6.07, 6.45) is 5.66. The van der Waals surface area contributed by atoms with E-state index in [2.05, 4.69) is 5.32 Å². The average Bonchev–Trinajstić information content (AvgIpc) is 2.68. The second-order valence-electron chi connectivity index (χ2n) is 4.10. The van der Waals surface area contributed by atoms with Crippen molar-refractivity contribution in [2.45, 2.75) is 31.7 Å². The molecule has 0 bridgehead atoms. The van der Waals surface area contributed by atoms with Gasteiger partial charge in [-0.3, -0.25) is 9.59 Å². The van der Waals surface area contributed by atoms with E-state index in [1.165, 1.54) is 0 Å². The van der Waals surface area contributed by atoms with Gasteiger partial charge in [0, 0.05) is 6.42 Å². The Labute approximate surface area is 98.9 Å². The minimum Gasteiger partial charge on any atom is -0.480 e. The maximum atomic E-state index is 11.5. The Balaban J connectivity index is 2.43. The summed E-state index contributed by atoms with van der Waals surface area (Å²) < 4.78 is 0. The SMILES string of the molecule is NC(=O)CC(NC(=O)CC1C=CCC1)C(=O)O. The monoisotopic (exact) mass is 240 g/mol. The van der Waals surface area contributed by atoms with Crippen LogP contribution in [0.3, 0.4) is 0 Å². The number of carbonyl (C=O) groups is 3. The van der Waals surface area contributed by atoms with Gasteiger partial charge in [0.1, 0.15) is 6.04 Å². The van der Waals surface area contributed by atoms with Crippen molar-refractivity contribution in [1.29, 1.82) is 0 Å². The minimum atomic E-state index is -1.25. The Kier molecular flexibility index (Phi) is 4.68. The van der Waals surface area contributed by atoms with Crippen LogP contribution in [0.1, 0.15) is 25.7 Å². The molecule has 0 spiro atoms. The van der Waals surface area contributed by atoms with E-state index < -0.39 is 17.9 Å². The first-order valence-corrected chi connectivity index (χ1v) is 5.46. The summed E-state index contributed by atoms with van der Waals surface area (Å²) in [6, 6.07) is -1.23. The summed E-state index contributed by atoms with van der Waals surface area (Å²) in [7, 11) is 0. The second kappa shape index (κ2) is 6.03. The van der Waals surface area contributed by atoms with E-state index in [0.29, 0.717) is 0 Å². The molecule has 6 nitrogen and oxygen atoms in total. The van der Waals surface area contributed by atoms with Crippen LogP contribution >= 0.6 is 0 Å². The van der Waals surface area contributed by atoms with Crippen molar-refractivity contribution in [3.8, 4) is 0 Å². The van der Waals surface area contributed by atoms with Gasteiger partial charge in [-0.1, -0.05) is 12.2 Å². The van der Waals surface area contributed by atoms with Crippen LogP contribution in [0.2, 0.25) is 0 Å². The maximum Gasteiger partial charge on any atom is 0.326 e. The summed E-state index contributed by atoms with van der Waals surface area (Å²) in [5, 5.41) is 11.1. The lowest BCUT2D eigenvalue weighted by atomic mass is 10.0. The van der Waals surface area contributed by atoms with E-state index in [1.807, 2.05) is 12.2 Å². The highest BCUT2D eigenvalue weighted by Gasteiger charge is 2.23. The molecule has 0 heterocycles. The zero-order valence-corrected chi connectivity index (χ0v) is 9.39. The molecule has 0 aromatic carbocycles. The molecule has 0 saturated carbocycles. The lowest BCUT2D eigenvalue weighted by Crippen LogP contribution is -2.43. The molecular formula is C11H16N2O4. The molecule has 4 N–H and O–H groups in total. The van der Waals surface area contributed by atoms with Crippen molar-refractivity contribution in [1.82, 2.24) is 5.32 Å². The standard InChI is InChI=1S/C11H16N2O4/c12-9(14)6-8(11(16)17)13-10(15)5-7-3-1-2-4-7/h1,3,7-8H,2,4-6H2,(H2,12,14)(H,13,15)(H,16,17). The van der Waals surface area contributed by atoms with Gasteiger partial charge < -0.3 is 16.2 Å². The number of carbonyl (C=O) groups excluding carboxylic acids is 2. The van der Waals surface area contributed by atoms with Gasteiger partial charge in [-0.05, 0) is 18.8 Å². The van der Waals surface area contributed by atoms with Crippen LogP contribution in [-0.4, -0.2) is 28.9 Å². The van der Waals surface area contributed by atoms with Crippen molar-refractivity contribution >= 4 is 17.8 Å². The molecular weight excluding hydrogens is 224 g/mol. The zero-order valence-electron chi connectivity index (χ0n) is 9.39. The summed E-state index contributed by atoms with van der Waals surface area (Å²) in [5.41, 5.74) is 4.91. The molecule has 0 radical (unpaired) electrons. The van der Waals surface area contributed by atoms with E-state index in [-0.39, 0.29) is 24.7 Å². The number of carboxylic acid groups (broad SMARTS) is 1. The molecule has 0 fully saturated rings. The molecule has 17 heavy (non-hydrogen) atoms. The van der Waals surface area contributed by atoms with E-state index in [9.17, 15) is 14.4 Å². The lowest BCUT2D eigenvalue weighted by molar-refractivity contribution is -0.143. The van der Waals surface area contributed by atoms with Gasteiger partial charge >= 0.3 is 5.97 Å². The number of rotatable bonds is 6. The summed E-state index contributed by atoms with van der Waals surface area (Å²) in [4.78, 5) is 32.9. The van der Waals surface area contributed by atoms with Gasteiger partial charge in [-0.25, -0.2) is 4.79 Å². The van der Waals surface area contributed by atoms with Gasteiger partial charge in [0.15, 0.2) is 0 Å². The highest BCUT2D eigenvalue weighted by atomic mass is 16.4. The summed E-state index contributed by atoms with van der Waals surface area (Å²) in [5.74, 6) is -2.20. The van der Waals surface area contributed by atoms with Gasteiger partial charge in [-0.2, -0.15) is 0 Å². The van der Waals surface area contributed by atoms with Gasteiger partial charge in [-0.15, -0.1) is 0 Å². The van der Waals surface area contributed by atoms with Crippen LogP contribution < -0.4 is 11.1 Å². The molecule has 6 heteroatoms. The fourth-order valence-corrected chi connectivity index (χ4v) is 1.76. The molecule has 1 aliphatic rings. The molecule has 94 valence electrons. The van der Waals surface area contributed by atoms with Crippen molar-refractivity contribution in [3.63, 3.8) is 0 Å². The number of hydrogen-bond acceptors (Lipinski definition) is 3. The molecule has 0 aromatic heterocycles. The molecule has 0 saturated heterocycles. The molecule has 2 amide bonds. The molecule has 2 atom stereocenters. The van der Waals surface area contributed by atoms with Crippen molar-refractivity contribution < 1.29 is 19.5 Å². The topological polar surface area (TPSA) is 109 Å². The first-order valence-electron chi connectivity index (χ1n) is 5.46. The third-order valence-corrected chi connectivity index (χ3v) is 2.60. The van der Waals surface area contributed by atoms with Crippen molar-refractivity contribution in [2.75, 3.05) is 0 Å². The Bertz CT molecular complexity index is 351. The Morgan fingerprint density at radius 3 is 2.65 bits per heavy atom. The van der Waals surface area contributed by atoms with E-state index in [1.54, 1.807) is 0 Å². The van der Waals surface area contributed by atoms with E-state index in [0.717, 1.165) is 12.8 Å². The fraction of sp³-hybridized carbons (Fsp3) is 0.545. The number of nitrogens with two attached hydrogens (primary N) is 1. The molecule has 0 aliphatic heterocycles. The Morgan fingerprint density at radius 1 is 1.47 bits per heavy atom. The smallest absolute Gasteiger partial charge is 0.326 e. The number of allylic oxidation sites excluding steroid dienone is 2. The molecule has 0 aromatic rings. The largest absolute Gasteiger partial charge is 0.480 e. The average molecular weight is 240 g/mol. The Morgan fingerprint density at radius 2 is 2.18 bits per heavy atom. The number of amides is 2. The zero-order chi connectivity index (χ0) is 12.8. The maximum absolute atomic E-state index is 11.5. The van der Waals surface area contributed by atoms with Gasteiger partial charge in [0.05, 0.1) is 6.42 Å². The third kappa shape index (κ3) is 4.67. The van der Waals surface area contributed by atoms with Crippen LogP contribution in [0.4, 0.5) is 0 Å². The molecule has 1 rings (SSSR count). The van der Waals surface area contributed by atoms with Crippen molar-refractivity contribution in [3.05, 3.63) is 12.2 Å². The fourth-order valence-electron chi connectivity index (χ4n) is 1.76. The first-order chi connectivity index (χ1) is 7.99. The predicted octanol–water partition coefficient (Wildman–Crippen LogP) is -0.213. The van der Waals surface area contributed by atoms with Crippen LogP contribution in [0.5, 0.6) is 0 Å². The van der Waals surface area contributed by atoms with Crippen LogP contribution in [0, 0.1) is 5.92 Å². The summed E-state index contributed by atoms with van der Waals surface area (Å²) >= 11 is 0. The van der Waals surface area contributed by atoms with Crippen molar-refractivity contribution in [2.24, 2.45) is 11.7 Å². The van der Waals surface area contributed by atoms with Gasteiger partial charge in [0.25, 0.3) is 0 Å². The number of aliphatic carboxylic acids is 1. The molecule has 2 unspecified atom stereocenters. The normalized spacial score (nSPS) is 19.9. The molecule has 1 aliphatic carbocycles. The number of carboxylic acids is 1. The third-order valence-electron chi connectivity index (χ3n) is 2.60. The predicted molar refractivity (Wildman–Crippen MR) is 59.9 cm³/mol.